The van der Waals surface area contributed by atoms with Gasteiger partial charge in [-0.2, -0.15) is 0 Å². The Kier molecular flexibility index (Phi) is 5.78. The van der Waals surface area contributed by atoms with Gasteiger partial charge in [-0.25, -0.2) is 0 Å². The maximum Gasteiger partial charge on any atom is 0.143 e. The lowest BCUT2D eigenvalue weighted by molar-refractivity contribution is 0.670. The Hall–Kier alpha value is -5.90. The average Bonchev–Trinajstić information content (AvgIpc) is 3.81. The van der Waals surface area contributed by atoms with Gasteiger partial charge in [0.25, 0.3) is 0 Å². The van der Waals surface area contributed by atoms with Gasteiger partial charge in [0, 0.05) is 37.5 Å². The quantitative estimate of drug-likeness (QED) is 0.192. The van der Waals surface area contributed by atoms with Crippen LogP contribution in [0.4, 0.5) is 0 Å². The number of rotatable bonds is 4. The van der Waals surface area contributed by atoms with Gasteiger partial charge in [0.05, 0.1) is 15.7 Å². The third-order valence-electron chi connectivity index (χ3n) is 9.43. The molecule has 0 bridgehead atoms. The number of benzene rings is 7. The number of fused-ring (bicyclic) bond motifs is 8. The SMILES string of the molecule is c1ccc(-c2cccc3c2oc2cccc(-c4ccc(-c5cccc6sc7c8ccccc8n(-c8ccccc8)c7c56)cc4)c23)cc1. The first kappa shape index (κ1) is 26.3. The molecule has 0 aliphatic rings. The van der Waals surface area contributed by atoms with E-state index in [-0.39, 0.29) is 0 Å². The fourth-order valence-corrected chi connectivity index (χ4v) is 8.61. The van der Waals surface area contributed by atoms with E-state index in [0.717, 1.165) is 33.1 Å². The highest BCUT2D eigenvalue weighted by atomic mass is 32.1. The molecule has 0 aliphatic heterocycles. The highest BCUT2D eigenvalue weighted by Gasteiger charge is 2.21. The second-order valence-corrected chi connectivity index (χ2v) is 13.1. The van der Waals surface area contributed by atoms with Gasteiger partial charge >= 0.3 is 0 Å². The van der Waals surface area contributed by atoms with Gasteiger partial charge < -0.3 is 8.98 Å². The zero-order valence-corrected chi connectivity index (χ0v) is 26.2. The molecule has 3 heterocycles. The Labute approximate surface area is 275 Å². The molecule has 0 N–H and O–H groups in total. The monoisotopic (exact) mass is 617 g/mol. The third kappa shape index (κ3) is 3.97. The van der Waals surface area contributed by atoms with Crippen LogP contribution in [0.1, 0.15) is 0 Å². The fraction of sp³-hybridized carbons (Fsp3) is 0. The van der Waals surface area contributed by atoms with Gasteiger partial charge in [0.15, 0.2) is 0 Å². The lowest BCUT2D eigenvalue weighted by Crippen LogP contribution is -1.93. The van der Waals surface area contributed by atoms with E-state index in [9.17, 15) is 0 Å². The zero-order valence-electron chi connectivity index (χ0n) is 25.4. The summed E-state index contributed by atoms with van der Waals surface area (Å²) in [7, 11) is 0. The summed E-state index contributed by atoms with van der Waals surface area (Å²) in [5.74, 6) is 0. The zero-order chi connectivity index (χ0) is 30.9. The van der Waals surface area contributed by atoms with E-state index >= 15 is 0 Å². The summed E-state index contributed by atoms with van der Waals surface area (Å²) in [5, 5.41) is 4.89. The van der Waals surface area contributed by atoms with Crippen molar-refractivity contribution in [2.75, 3.05) is 0 Å². The molecular weight excluding hydrogens is 591 g/mol. The summed E-state index contributed by atoms with van der Waals surface area (Å²) in [6.45, 7) is 0. The summed E-state index contributed by atoms with van der Waals surface area (Å²) in [6.07, 6.45) is 0. The van der Waals surface area contributed by atoms with Gasteiger partial charge in [0.2, 0.25) is 0 Å². The van der Waals surface area contributed by atoms with Crippen molar-refractivity contribution in [1.82, 2.24) is 4.57 Å². The molecule has 0 saturated carbocycles. The lowest BCUT2D eigenvalue weighted by atomic mass is 9.95. The van der Waals surface area contributed by atoms with Crippen molar-refractivity contribution in [3.05, 3.63) is 164 Å². The molecular formula is C44H27NOS. The smallest absolute Gasteiger partial charge is 0.143 e. The molecule has 47 heavy (non-hydrogen) atoms. The molecule has 0 spiro atoms. The maximum absolute atomic E-state index is 6.54. The number of aromatic nitrogens is 1. The molecule has 220 valence electrons. The van der Waals surface area contributed by atoms with Crippen LogP contribution in [0.3, 0.4) is 0 Å². The summed E-state index contributed by atoms with van der Waals surface area (Å²) in [4.78, 5) is 0. The van der Waals surface area contributed by atoms with Crippen molar-refractivity contribution >= 4 is 64.5 Å². The van der Waals surface area contributed by atoms with Crippen LogP contribution in [-0.2, 0) is 0 Å². The van der Waals surface area contributed by atoms with Crippen molar-refractivity contribution < 1.29 is 4.42 Å². The van der Waals surface area contributed by atoms with Crippen molar-refractivity contribution in [2.24, 2.45) is 0 Å². The molecule has 7 aromatic carbocycles. The normalized spacial score (nSPS) is 11.8. The summed E-state index contributed by atoms with van der Waals surface area (Å²) in [5.41, 5.74) is 12.6. The molecule has 0 radical (unpaired) electrons. The first-order chi connectivity index (χ1) is 23.3. The van der Waals surface area contributed by atoms with E-state index in [2.05, 4.69) is 168 Å². The molecule has 3 aromatic heterocycles. The summed E-state index contributed by atoms with van der Waals surface area (Å²) >= 11 is 1.89. The second-order valence-electron chi connectivity index (χ2n) is 12.1. The van der Waals surface area contributed by atoms with Crippen LogP contribution >= 0.6 is 11.3 Å². The van der Waals surface area contributed by atoms with E-state index in [1.807, 2.05) is 11.3 Å². The Balaban J connectivity index is 1.15. The fourth-order valence-electron chi connectivity index (χ4n) is 7.36. The van der Waals surface area contributed by atoms with Crippen LogP contribution in [0.5, 0.6) is 0 Å². The van der Waals surface area contributed by atoms with E-state index in [0.29, 0.717) is 0 Å². The van der Waals surface area contributed by atoms with Gasteiger partial charge in [-0.3, -0.25) is 0 Å². The molecule has 0 unspecified atom stereocenters. The van der Waals surface area contributed by atoms with E-state index in [4.69, 9.17) is 4.42 Å². The van der Waals surface area contributed by atoms with E-state index < -0.39 is 0 Å². The molecule has 0 aliphatic carbocycles. The molecule has 0 fully saturated rings. The second kappa shape index (κ2) is 10.3. The Morgan fingerprint density at radius 1 is 0.447 bits per heavy atom. The predicted octanol–water partition coefficient (Wildman–Crippen LogP) is 12.9. The van der Waals surface area contributed by atoms with Crippen LogP contribution in [0.2, 0.25) is 0 Å². The first-order valence-corrected chi connectivity index (χ1v) is 16.8. The number of para-hydroxylation sites is 3. The topological polar surface area (TPSA) is 18.1 Å². The number of hydrogen-bond donors (Lipinski definition) is 0. The maximum atomic E-state index is 6.54. The van der Waals surface area contributed by atoms with Gasteiger partial charge in [-0.1, -0.05) is 133 Å². The third-order valence-corrected chi connectivity index (χ3v) is 10.6. The van der Waals surface area contributed by atoms with Crippen LogP contribution in [-0.4, -0.2) is 4.57 Å². The van der Waals surface area contributed by atoms with Gasteiger partial charge in [-0.15, -0.1) is 11.3 Å². The molecule has 0 amide bonds. The van der Waals surface area contributed by atoms with Crippen molar-refractivity contribution in [2.45, 2.75) is 0 Å². The largest absolute Gasteiger partial charge is 0.455 e. The average molecular weight is 618 g/mol. The number of hydrogen-bond acceptors (Lipinski definition) is 2. The van der Waals surface area contributed by atoms with Crippen LogP contribution < -0.4 is 0 Å². The summed E-state index contributed by atoms with van der Waals surface area (Å²) in [6, 6.07) is 58.7. The van der Waals surface area contributed by atoms with Crippen molar-refractivity contribution in [1.29, 1.82) is 0 Å². The molecule has 10 aromatic rings. The molecule has 3 heteroatoms. The minimum atomic E-state index is 0.907. The first-order valence-electron chi connectivity index (χ1n) is 15.9. The minimum Gasteiger partial charge on any atom is -0.455 e. The van der Waals surface area contributed by atoms with E-state index in [1.54, 1.807) is 0 Å². The van der Waals surface area contributed by atoms with Gasteiger partial charge in [-0.05, 0) is 58.1 Å². The molecule has 10 rings (SSSR count). The number of thiophene rings is 1. The standard InChI is InChI=1S/C44H27NOS/c1-3-12-28(13-4-1)34-19-9-20-36-40-32(17-10-22-38(40)46-43(34)36)29-24-26-30(27-25-29)33-18-11-23-39-41(33)42-44(47-39)35-16-7-8-21-37(35)45(42)31-14-5-2-6-15-31/h1-27H. The Morgan fingerprint density at radius 2 is 1.04 bits per heavy atom. The minimum absolute atomic E-state index is 0.907. The molecule has 0 saturated heterocycles. The van der Waals surface area contributed by atoms with Crippen molar-refractivity contribution in [3.63, 3.8) is 0 Å². The van der Waals surface area contributed by atoms with Gasteiger partial charge in [0.1, 0.15) is 11.2 Å². The molecule has 2 nitrogen and oxygen atoms in total. The van der Waals surface area contributed by atoms with E-state index in [1.165, 1.54) is 59.1 Å². The highest BCUT2D eigenvalue weighted by molar-refractivity contribution is 7.26. The van der Waals surface area contributed by atoms with Crippen LogP contribution in [0.25, 0.3) is 92.2 Å². The number of furan rings is 1. The molecule has 0 atom stereocenters. The Morgan fingerprint density at radius 3 is 1.83 bits per heavy atom. The Bertz CT molecular complexity index is 2770. The van der Waals surface area contributed by atoms with Crippen LogP contribution in [0.15, 0.2) is 168 Å². The van der Waals surface area contributed by atoms with Crippen LogP contribution in [0, 0.1) is 0 Å². The summed E-state index contributed by atoms with van der Waals surface area (Å²) < 4.78 is 11.6. The lowest BCUT2D eigenvalue weighted by Gasteiger charge is -2.11. The predicted molar refractivity (Wildman–Crippen MR) is 200 cm³/mol. The van der Waals surface area contributed by atoms with Crippen molar-refractivity contribution in [3.8, 4) is 39.1 Å². The highest BCUT2D eigenvalue weighted by Crippen LogP contribution is 2.46. The number of nitrogens with zero attached hydrogens (tertiary/aromatic N) is 1.